The van der Waals surface area contributed by atoms with Crippen LogP contribution < -0.4 is 0 Å². The fourth-order valence-corrected chi connectivity index (χ4v) is 5.63. The second-order valence-electron chi connectivity index (χ2n) is 6.69. The van der Waals surface area contributed by atoms with Gasteiger partial charge in [0.1, 0.15) is 0 Å². The predicted molar refractivity (Wildman–Crippen MR) is 92.9 cm³/mol. The van der Waals surface area contributed by atoms with Gasteiger partial charge >= 0.3 is 6.09 Å². The van der Waals surface area contributed by atoms with Gasteiger partial charge in [-0.05, 0) is 13.3 Å². The van der Waals surface area contributed by atoms with Crippen LogP contribution in [0.4, 0.5) is 4.79 Å². The van der Waals surface area contributed by atoms with E-state index in [1.807, 2.05) is 30.9 Å². The molecule has 2 aliphatic heterocycles. The minimum atomic E-state index is -3.15. The molecule has 8 nitrogen and oxygen atoms in total. The summed E-state index contributed by atoms with van der Waals surface area (Å²) in [7, 11) is -3.15. The Morgan fingerprint density at radius 3 is 2.72 bits per heavy atom. The summed E-state index contributed by atoms with van der Waals surface area (Å²) >= 11 is 0. The number of amides is 1. The molecular weight excluding hydrogens is 344 g/mol. The van der Waals surface area contributed by atoms with Gasteiger partial charge in [-0.15, -0.1) is 0 Å². The zero-order chi connectivity index (χ0) is 18.0. The number of sulfone groups is 1. The van der Waals surface area contributed by atoms with Gasteiger partial charge in [-0.1, -0.05) is 6.92 Å². The molecule has 1 amide bonds. The Morgan fingerprint density at radius 1 is 1.28 bits per heavy atom. The van der Waals surface area contributed by atoms with Gasteiger partial charge in [0.2, 0.25) is 0 Å². The molecule has 3 rings (SSSR count). The van der Waals surface area contributed by atoms with Crippen LogP contribution in [0.5, 0.6) is 0 Å². The molecule has 0 N–H and O–H groups in total. The minimum absolute atomic E-state index is 0.0175. The second-order valence-corrected chi connectivity index (χ2v) is 8.85. The van der Waals surface area contributed by atoms with Gasteiger partial charge in [0, 0.05) is 44.0 Å². The lowest BCUT2D eigenvalue weighted by Gasteiger charge is -2.43. The standard InChI is InChI=1S/C16H26N4O4S/c1-3-7-24-16(21)20-6-5-18(9-13-8-17-19(4-2)10-13)14-11-25(22,23)12-15(14)20/h8,10,14-15H,3-7,9,11-12H2,1-2H3/t14-,15+/m0/s1. The topological polar surface area (TPSA) is 84.7 Å². The third-order valence-electron chi connectivity index (χ3n) is 4.85. The first-order valence-corrected chi connectivity index (χ1v) is 10.6. The van der Waals surface area contributed by atoms with Crippen molar-refractivity contribution in [3.63, 3.8) is 0 Å². The maximum absolute atomic E-state index is 12.3. The quantitative estimate of drug-likeness (QED) is 0.760. The first-order valence-electron chi connectivity index (χ1n) is 8.82. The first-order chi connectivity index (χ1) is 11.9. The van der Waals surface area contributed by atoms with Crippen molar-refractivity contribution in [3.8, 4) is 0 Å². The van der Waals surface area contributed by atoms with Gasteiger partial charge in [0.15, 0.2) is 9.84 Å². The lowest BCUT2D eigenvalue weighted by atomic mass is 10.0. The third kappa shape index (κ3) is 3.98. The van der Waals surface area contributed by atoms with E-state index >= 15 is 0 Å². The summed E-state index contributed by atoms with van der Waals surface area (Å²) in [6, 6.07) is -0.512. The van der Waals surface area contributed by atoms with Crippen LogP contribution >= 0.6 is 0 Å². The van der Waals surface area contributed by atoms with Crippen LogP contribution in [0.25, 0.3) is 0 Å². The molecule has 2 atom stereocenters. The van der Waals surface area contributed by atoms with Crippen LogP contribution in [0.3, 0.4) is 0 Å². The van der Waals surface area contributed by atoms with Crippen molar-refractivity contribution in [1.82, 2.24) is 19.6 Å². The highest BCUT2D eigenvalue weighted by Gasteiger charge is 2.48. The molecule has 2 fully saturated rings. The van der Waals surface area contributed by atoms with Crippen molar-refractivity contribution >= 4 is 15.9 Å². The van der Waals surface area contributed by atoms with Crippen molar-refractivity contribution in [3.05, 3.63) is 18.0 Å². The summed E-state index contributed by atoms with van der Waals surface area (Å²) in [6.07, 6.45) is 4.16. The van der Waals surface area contributed by atoms with Crippen LogP contribution in [0.15, 0.2) is 12.4 Å². The van der Waals surface area contributed by atoms with E-state index in [2.05, 4.69) is 10.00 Å². The van der Waals surface area contributed by atoms with Gasteiger partial charge in [0.25, 0.3) is 0 Å². The largest absolute Gasteiger partial charge is 0.449 e. The molecule has 9 heteroatoms. The minimum Gasteiger partial charge on any atom is -0.449 e. The molecule has 2 saturated heterocycles. The molecule has 0 spiro atoms. The average molecular weight is 370 g/mol. The number of aryl methyl sites for hydroxylation is 1. The highest BCUT2D eigenvalue weighted by atomic mass is 32.2. The summed E-state index contributed by atoms with van der Waals surface area (Å²) in [5.41, 5.74) is 1.06. The summed E-state index contributed by atoms with van der Waals surface area (Å²) < 4.78 is 31.5. The zero-order valence-corrected chi connectivity index (χ0v) is 15.6. The Kier molecular flexibility index (Phi) is 5.33. The molecule has 1 aromatic rings. The van der Waals surface area contributed by atoms with Gasteiger partial charge in [0.05, 0.1) is 30.4 Å². The summed E-state index contributed by atoms with van der Waals surface area (Å²) in [4.78, 5) is 16.1. The Morgan fingerprint density at radius 2 is 2.04 bits per heavy atom. The highest BCUT2D eigenvalue weighted by molar-refractivity contribution is 7.91. The van der Waals surface area contributed by atoms with Gasteiger partial charge in [-0.3, -0.25) is 9.58 Å². The Labute approximate surface area is 148 Å². The van der Waals surface area contributed by atoms with Crippen LogP contribution in [-0.4, -0.2) is 77.4 Å². The third-order valence-corrected chi connectivity index (χ3v) is 6.55. The van der Waals surface area contributed by atoms with Crippen molar-refractivity contribution in [2.24, 2.45) is 0 Å². The number of ether oxygens (including phenoxy) is 1. The fraction of sp³-hybridized carbons (Fsp3) is 0.750. The molecule has 2 aliphatic rings. The number of hydrogen-bond donors (Lipinski definition) is 0. The number of fused-ring (bicyclic) bond motifs is 1. The van der Waals surface area contributed by atoms with Gasteiger partial charge in [-0.2, -0.15) is 5.10 Å². The van der Waals surface area contributed by atoms with Gasteiger partial charge in [-0.25, -0.2) is 13.2 Å². The molecule has 0 aromatic carbocycles. The number of carbonyl (C=O) groups is 1. The van der Waals surface area contributed by atoms with Crippen molar-refractivity contribution in [1.29, 1.82) is 0 Å². The fourth-order valence-electron chi connectivity index (χ4n) is 3.62. The number of hydrogen-bond acceptors (Lipinski definition) is 6. The summed E-state index contributed by atoms with van der Waals surface area (Å²) in [6.45, 7) is 6.89. The van der Waals surface area contributed by atoms with E-state index in [0.29, 0.717) is 26.2 Å². The first kappa shape index (κ1) is 18.2. The smallest absolute Gasteiger partial charge is 0.410 e. The van der Waals surface area contributed by atoms with Crippen LogP contribution in [-0.2, 0) is 27.7 Å². The number of aromatic nitrogens is 2. The van der Waals surface area contributed by atoms with E-state index in [-0.39, 0.29) is 23.6 Å². The Bertz CT molecular complexity index is 717. The number of nitrogens with zero attached hydrogens (tertiary/aromatic N) is 4. The Balaban J connectivity index is 1.74. The van der Waals surface area contributed by atoms with Crippen molar-refractivity contribution in [2.45, 2.75) is 45.4 Å². The van der Waals surface area contributed by atoms with Crippen LogP contribution in [0.1, 0.15) is 25.8 Å². The molecule has 0 aliphatic carbocycles. The van der Waals surface area contributed by atoms with E-state index in [9.17, 15) is 13.2 Å². The van der Waals surface area contributed by atoms with E-state index in [4.69, 9.17) is 4.74 Å². The van der Waals surface area contributed by atoms with Crippen molar-refractivity contribution < 1.29 is 17.9 Å². The maximum Gasteiger partial charge on any atom is 0.410 e. The van der Waals surface area contributed by atoms with Crippen LogP contribution in [0, 0.1) is 0 Å². The molecule has 0 bridgehead atoms. The van der Waals surface area contributed by atoms with E-state index in [1.165, 1.54) is 0 Å². The highest BCUT2D eigenvalue weighted by Crippen LogP contribution is 2.28. The zero-order valence-electron chi connectivity index (χ0n) is 14.8. The molecule has 3 heterocycles. The molecule has 25 heavy (non-hydrogen) atoms. The number of carbonyl (C=O) groups excluding carboxylic acids is 1. The predicted octanol–water partition coefficient (Wildman–Crippen LogP) is 0.733. The summed E-state index contributed by atoms with van der Waals surface area (Å²) in [5.74, 6) is 0.112. The van der Waals surface area contributed by atoms with Crippen LogP contribution in [0.2, 0.25) is 0 Å². The molecular formula is C16H26N4O4S. The molecule has 1 aromatic heterocycles. The Hall–Kier alpha value is -1.61. The molecule has 0 unspecified atom stereocenters. The van der Waals surface area contributed by atoms with E-state index in [0.717, 1.165) is 18.5 Å². The maximum atomic E-state index is 12.3. The monoisotopic (exact) mass is 370 g/mol. The van der Waals surface area contributed by atoms with Crippen molar-refractivity contribution in [2.75, 3.05) is 31.2 Å². The molecule has 0 saturated carbocycles. The SMILES string of the molecule is CCCOC(=O)N1CCN(Cc2cnn(CC)c2)[C@H]2CS(=O)(=O)C[C@H]21. The average Bonchev–Trinajstić information content (AvgIpc) is 3.15. The molecule has 0 radical (unpaired) electrons. The number of piperazine rings is 1. The lowest BCUT2D eigenvalue weighted by Crippen LogP contribution is -2.60. The normalized spacial score (nSPS) is 25.8. The molecule has 140 valence electrons. The van der Waals surface area contributed by atoms with E-state index < -0.39 is 15.9 Å². The van der Waals surface area contributed by atoms with Gasteiger partial charge < -0.3 is 9.64 Å². The van der Waals surface area contributed by atoms with E-state index in [1.54, 1.807) is 4.90 Å². The summed E-state index contributed by atoms with van der Waals surface area (Å²) in [5, 5.41) is 4.28. The second kappa shape index (κ2) is 7.33. The number of rotatable bonds is 5. The lowest BCUT2D eigenvalue weighted by molar-refractivity contribution is 0.0269.